The molecule has 1 aromatic rings. The van der Waals surface area contributed by atoms with E-state index in [0.717, 1.165) is 12.5 Å². The second-order valence-corrected chi connectivity index (χ2v) is 3.68. The van der Waals surface area contributed by atoms with E-state index in [1.54, 1.807) is 24.3 Å². The van der Waals surface area contributed by atoms with E-state index in [4.69, 9.17) is 11.6 Å². The monoisotopic (exact) mass is 204 g/mol. The van der Waals surface area contributed by atoms with E-state index in [9.17, 15) is 8.78 Å². The Labute approximate surface area is 81.5 Å². The number of rotatable bonds is 3. The molecule has 1 aromatic carbocycles. The molecule has 0 aliphatic carbocycles. The van der Waals surface area contributed by atoms with Crippen LogP contribution in [0, 0.1) is 0 Å². The normalized spacial score (nSPS) is 14.2. The minimum absolute atomic E-state index is 0.321. The minimum atomic E-state index is -2.71. The molecule has 0 spiro atoms. The Morgan fingerprint density at radius 1 is 1.31 bits per heavy atom. The SMILES string of the molecule is CC(F)(F)CC(Cl)c1ccccc1. The summed E-state index contributed by atoms with van der Waals surface area (Å²) < 4.78 is 25.1. The van der Waals surface area contributed by atoms with Gasteiger partial charge in [0, 0.05) is 6.42 Å². The summed E-state index contributed by atoms with van der Waals surface area (Å²) in [7, 11) is 0. The zero-order valence-corrected chi connectivity index (χ0v) is 8.06. The average molecular weight is 205 g/mol. The first-order chi connectivity index (χ1) is 5.99. The molecule has 0 aliphatic rings. The van der Waals surface area contributed by atoms with E-state index in [-0.39, 0.29) is 6.42 Å². The predicted molar refractivity (Wildman–Crippen MR) is 50.3 cm³/mol. The van der Waals surface area contributed by atoms with Crippen LogP contribution in [0.4, 0.5) is 8.78 Å². The van der Waals surface area contributed by atoms with Crippen LogP contribution < -0.4 is 0 Å². The van der Waals surface area contributed by atoms with Crippen molar-refractivity contribution < 1.29 is 8.78 Å². The van der Waals surface area contributed by atoms with Crippen LogP contribution >= 0.6 is 11.6 Å². The molecular weight excluding hydrogens is 194 g/mol. The third-order valence-electron chi connectivity index (χ3n) is 1.70. The van der Waals surface area contributed by atoms with E-state index in [0.29, 0.717) is 0 Å². The Hall–Kier alpha value is -0.630. The molecule has 0 bridgehead atoms. The van der Waals surface area contributed by atoms with Crippen LogP contribution in [0.25, 0.3) is 0 Å². The molecule has 0 nitrogen and oxygen atoms in total. The van der Waals surface area contributed by atoms with Gasteiger partial charge in [-0.1, -0.05) is 30.3 Å². The van der Waals surface area contributed by atoms with Gasteiger partial charge in [-0.05, 0) is 12.5 Å². The molecule has 13 heavy (non-hydrogen) atoms. The molecule has 0 radical (unpaired) electrons. The Kier molecular flexibility index (Phi) is 3.26. The molecule has 0 fully saturated rings. The first-order valence-electron chi connectivity index (χ1n) is 4.06. The molecule has 0 aromatic heterocycles. The van der Waals surface area contributed by atoms with Gasteiger partial charge in [0.05, 0.1) is 5.38 Å². The van der Waals surface area contributed by atoms with Gasteiger partial charge in [-0.3, -0.25) is 0 Å². The fraction of sp³-hybridized carbons (Fsp3) is 0.400. The molecule has 0 aliphatic heterocycles. The molecule has 1 unspecified atom stereocenters. The van der Waals surface area contributed by atoms with Crippen LogP contribution in [0.5, 0.6) is 0 Å². The van der Waals surface area contributed by atoms with Gasteiger partial charge in [0.15, 0.2) is 0 Å². The molecule has 0 heterocycles. The summed E-state index contributed by atoms with van der Waals surface area (Å²) in [6.07, 6.45) is -0.321. The first-order valence-corrected chi connectivity index (χ1v) is 4.49. The number of hydrogen-bond acceptors (Lipinski definition) is 0. The summed E-state index contributed by atoms with van der Waals surface area (Å²) in [5.74, 6) is -2.71. The van der Waals surface area contributed by atoms with Gasteiger partial charge < -0.3 is 0 Å². The standard InChI is InChI=1S/C10H11ClF2/c1-10(12,13)7-9(11)8-5-3-2-4-6-8/h2-6,9H,7H2,1H3. The quantitative estimate of drug-likeness (QED) is 0.653. The number of hydrogen-bond donors (Lipinski definition) is 0. The summed E-state index contributed by atoms with van der Waals surface area (Å²) in [5, 5.41) is -0.610. The lowest BCUT2D eigenvalue weighted by atomic mass is 10.1. The lowest BCUT2D eigenvalue weighted by Gasteiger charge is -2.14. The largest absolute Gasteiger partial charge is 0.247 e. The number of halogens is 3. The molecule has 3 heteroatoms. The van der Waals surface area contributed by atoms with Gasteiger partial charge in [0.2, 0.25) is 5.92 Å². The maximum absolute atomic E-state index is 12.6. The second kappa shape index (κ2) is 4.05. The van der Waals surface area contributed by atoms with Gasteiger partial charge in [-0.25, -0.2) is 8.78 Å². The molecular formula is C10H11ClF2. The molecule has 0 N–H and O–H groups in total. The molecule has 72 valence electrons. The summed E-state index contributed by atoms with van der Waals surface area (Å²) in [6.45, 7) is 0.880. The highest BCUT2D eigenvalue weighted by atomic mass is 35.5. The maximum atomic E-state index is 12.6. The third kappa shape index (κ3) is 3.73. The van der Waals surface area contributed by atoms with Gasteiger partial charge in [0.1, 0.15) is 0 Å². The van der Waals surface area contributed by atoms with Crippen molar-refractivity contribution in [3.63, 3.8) is 0 Å². The van der Waals surface area contributed by atoms with Gasteiger partial charge in [0.25, 0.3) is 0 Å². The maximum Gasteiger partial charge on any atom is 0.247 e. The van der Waals surface area contributed by atoms with E-state index in [1.165, 1.54) is 0 Å². The summed E-state index contributed by atoms with van der Waals surface area (Å²) in [4.78, 5) is 0. The highest BCUT2D eigenvalue weighted by molar-refractivity contribution is 6.20. The Bertz CT molecular complexity index is 253. The van der Waals surface area contributed by atoms with Crippen molar-refractivity contribution in [1.82, 2.24) is 0 Å². The van der Waals surface area contributed by atoms with E-state index in [2.05, 4.69) is 0 Å². The van der Waals surface area contributed by atoms with Crippen molar-refractivity contribution in [3.05, 3.63) is 35.9 Å². The summed E-state index contributed by atoms with van der Waals surface area (Å²) in [6, 6.07) is 8.92. The second-order valence-electron chi connectivity index (χ2n) is 3.15. The molecule has 0 saturated carbocycles. The van der Waals surface area contributed by atoms with Crippen LogP contribution in [0.3, 0.4) is 0 Å². The lowest BCUT2D eigenvalue weighted by molar-refractivity contribution is 0.0120. The van der Waals surface area contributed by atoms with Crippen molar-refractivity contribution >= 4 is 11.6 Å². The average Bonchev–Trinajstić information content (AvgIpc) is 2.03. The van der Waals surface area contributed by atoms with Crippen molar-refractivity contribution in [2.24, 2.45) is 0 Å². The number of benzene rings is 1. The highest BCUT2D eigenvalue weighted by Gasteiger charge is 2.26. The first kappa shape index (κ1) is 10.5. The smallest absolute Gasteiger partial charge is 0.207 e. The van der Waals surface area contributed by atoms with E-state index < -0.39 is 11.3 Å². The fourth-order valence-electron chi connectivity index (χ4n) is 1.09. The van der Waals surface area contributed by atoms with E-state index >= 15 is 0 Å². The number of alkyl halides is 3. The van der Waals surface area contributed by atoms with Crippen molar-refractivity contribution in [3.8, 4) is 0 Å². The van der Waals surface area contributed by atoms with Gasteiger partial charge >= 0.3 is 0 Å². The van der Waals surface area contributed by atoms with Crippen LogP contribution in [-0.2, 0) is 0 Å². The molecule has 0 amide bonds. The van der Waals surface area contributed by atoms with Crippen molar-refractivity contribution in [2.45, 2.75) is 24.6 Å². The van der Waals surface area contributed by atoms with Crippen molar-refractivity contribution in [1.29, 1.82) is 0 Å². The zero-order chi connectivity index (χ0) is 9.90. The fourth-order valence-corrected chi connectivity index (χ4v) is 1.51. The van der Waals surface area contributed by atoms with Crippen molar-refractivity contribution in [2.75, 3.05) is 0 Å². The molecule has 0 saturated heterocycles. The minimum Gasteiger partial charge on any atom is -0.207 e. The summed E-state index contributed by atoms with van der Waals surface area (Å²) >= 11 is 5.81. The van der Waals surface area contributed by atoms with Crippen LogP contribution in [0.1, 0.15) is 24.3 Å². The Morgan fingerprint density at radius 2 is 1.85 bits per heavy atom. The molecule has 1 rings (SSSR count). The van der Waals surface area contributed by atoms with Gasteiger partial charge in [-0.2, -0.15) is 0 Å². The third-order valence-corrected chi connectivity index (χ3v) is 2.11. The topological polar surface area (TPSA) is 0 Å². The van der Waals surface area contributed by atoms with Gasteiger partial charge in [-0.15, -0.1) is 11.6 Å². The summed E-state index contributed by atoms with van der Waals surface area (Å²) in [5.41, 5.74) is 0.741. The lowest BCUT2D eigenvalue weighted by Crippen LogP contribution is -2.12. The van der Waals surface area contributed by atoms with Crippen LogP contribution in [-0.4, -0.2) is 5.92 Å². The Morgan fingerprint density at radius 3 is 2.31 bits per heavy atom. The molecule has 1 atom stereocenters. The van der Waals surface area contributed by atoms with E-state index in [1.807, 2.05) is 6.07 Å². The van der Waals surface area contributed by atoms with Crippen LogP contribution in [0.15, 0.2) is 30.3 Å². The van der Waals surface area contributed by atoms with Crippen LogP contribution in [0.2, 0.25) is 0 Å². The predicted octanol–water partition coefficient (Wildman–Crippen LogP) is 4.01. The Balaban J connectivity index is 2.64. The zero-order valence-electron chi connectivity index (χ0n) is 7.31. The highest BCUT2D eigenvalue weighted by Crippen LogP contribution is 2.32.